The minimum atomic E-state index is 0.691. The fourth-order valence-electron chi connectivity index (χ4n) is 2.27. The standard InChI is InChI=1S/C15H29N3/c1-6-14-10-15(18(8-3)17-14)9-13(12(4)5)11-16-7-2/h10,12-13,16H,6-9,11H2,1-5H3. The van der Waals surface area contributed by atoms with Gasteiger partial charge in [0, 0.05) is 12.2 Å². The van der Waals surface area contributed by atoms with E-state index < -0.39 is 0 Å². The van der Waals surface area contributed by atoms with Crippen LogP contribution in [0.15, 0.2) is 6.07 Å². The molecule has 3 nitrogen and oxygen atoms in total. The molecule has 0 saturated heterocycles. The average Bonchev–Trinajstić information content (AvgIpc) is 2.76. The first-order valence-electron chi connectivity index (χ1n) is 7.38. The van der Waals surface area contributed by atoms with Gasteiger partial charge in [0.05, 0.1) is 5.69 Å². The van der Waals surface area contributed by atoms with Crippen molar-refractivity contribution in [2.24, 2.45) is 11.8 Å². The van der Waals surface area contributed by atoms with Crippen molar-refractivity contribution in [2.75, 3.05) is 13.1 Å². The molecule has 1 aromatic rings. The van der Waals surface area contributed by atoms with E-state index in [0.717, 1.165) is 32.5 Å². The Kier molecular flexibility index (Phi) is 6.41. The van der Waals surface area contributed by atoms with E-state index in [-0.39, 0.29) is 0 Å². The van der Waals surface area contributed by atoms with Gasteiger partial charge in [-0.05, 0) is 50.8 Å². The zero-order valence-electron chi connectivity index (χ0n) is 12.7. The van der Waals surface area contributed by atoms with E-state index in [4.69, 9.17) is 0 Å². The van der Waals surface area contributed by atoms with E-state index in [9.17, 15) is 0 Å². The Balaban J connectivity index is 2.75. The summed E-state index contributed by atoms with van der Waals surface area (Å²) >= 11 is 0. The van der Waals surface area contributed by atoms with E-state index in [1.807, 2.05) is 0 Å². The van der Waals surface area contributed by atoms with Crippen molar-refractivity contribution in [3.8, 4) is 0 Å². The summed E-state index contributed by atoms with van der Waals surface area (Å²) in [7, 11) is 0. The molecule has 0 aliphatic heterocycles. The summed E-state index contributed by atoms with van der Waals surface area (Å²) in [4.78, 5) is 0. The molecule has 1 heterocycles. The van der Waals surface area contributed by atoms with Crippen LogP contribution in [-0.2, 0) is 19.4 Å². The summed E-state index contributed by atoms with van der Waals surface area (Å²) in [6, 6.07) is 2.28. The maximum absolute atomic E-state index is 4.64. The van der Waals surface area contributed by atoms with Crippen LogP contribution in [0.1, 0.15) is 46.0 Å². The van der Waals surface area contributed by atoms with Crippen molar-refractivity contribution >= 4 is 0 Å². The third-order valence-corrected chi connectivity index (χ3v) is 3.65. The van der Waals surface area contributed by atoms with E-state index in [2.05, 4.69) is 55.8 Å². The Hall–Kier alpha value is -0.830. The molecular weight excluding hydrogens is 222 g/mol. The molecule has 0 aliphatic rings. The lowest BCUT2D eigenvalue weighted by atomic mass is 9.91. The Labute approximate surface area is 112 Å². The summed E-state index contributed by atoms with van der Waals surface area (Å²) in [5.41, 5.74) is 2.61. The quantitative estimate of drug-likeness (QED) is 0.770. The number of nitrogens with one attached hydrogen (secondary N) is 1. The summed E-state index contributed by atoms with van der Waals surface area (Å²) in [5.74, 6) is 1.39. The fraction of sp³-hybridized carbons (Fsp3) is 0.800. The third-order valence-electron chi connectivity index (χ3n) is 3.65. The van der Waals surface area contributed by atoms with Crippen LogP contribution in [0.2, 0.25) is 0 Å². The van der Waals surface area contributed by atoms with Crippen LogP contribution in [0.5, 0.6) is 0 Å². The summed E-state index contributed by atoms with van der Waals surface area (Å²) in [5, 5.41) is 8.11. The molecule has 0 bridgehead atoms. The number of aromatic nitrogens is 2. The van der Waals surface area contributed by atoms with Crippen molar-refractivity contribution in [2.45, 2.75) is 54.0 Å². The Morgan fingerprint density at radius 1 is 1.28 bits per heavy atom. The van der Waals surface area contributed by atoms with Crippen LogP contribution in [0.3, 0.4) is 0 Å². The van der Waals surface area contributed by atoms with Gasteiger partial charge in [-0.2, -0.15) is 5.10 Å². The van der Waals surface area contributed by atoms with Crippen molar-refractivity contribution in [1.82, 2.24) is 15.1 Å². The molecule has 1 N–H and O–H groups in total. The lowest BCUT2D eigenvalue weighted by Crippen LogP contribution is -2.28. The van der Waals surface area contributed by atoms with E-state index in [1.165, 1.54) is 11.4 Å². The van der Waals surface area contributed by atoms with Crippen LogP contribution in [0.4, 0.5) is 0 Å². The number of rotatable bonds is 8. The molecule has 0 spiro atoms. The lowest BCUT2D eigenvalue weighted by Gasteiger charge is -2.21. The largest absolute Gasteiger partial charge is 0.317 e. The van der Waals surface area contributed by atoms with E-state index >= 15 is 0 Å². The van der Waals surface area contributed by atoms with Crippen molar-refractivity contribution in [3.05, 3.63) is 17.5 Å². The molecule has 1 unspecified atom stereocenters. The first-order valence-corrected chi connectivity index (χ1v) is 7.38. The molecule has 0 aromatic carbocycles. The summed E-state index contributed by atoms with van der Waals surface area (Å²) in [6.45, 7) is 14.3. The van der Waals surface area contributed by atoms with Gasteiger partial charge in [-0.1, -0.05) is 27.7 Å². The van der Waals surface area contributed by atoms with Gasteiger partial charge in [-0.3, -0.25) is 4.68 Å². The van der Waals surface area contributed by atoms with E-state index in [1.54, 1.807) is 0 Å². The van der Waals surface area contributed by atoms with Gasteiger partial charge >= 0.3 is 0 Å². The maximum atomic E-state index is 4.64. The first kappa shape index (κ1) is 15.2. The van der Waals surface area contributed by atoms with Crippen LogP contribution in [-0.4, -0.2) is 22.9 Å². The zero-order chi connectivity index (χ0) is 13.5. The lowest BCUT2D eigenvalue weighted by molar-refractivity contribution is 0.354. The van der Waals surface area contributed by atoms with Gasteiger partial charge in [0.15, 0.2) is 0 Å². The van der Waals surface area contributed by atoms with Crippen LogP contribution in [0.25, 0.3) is 0 Å². The van der Waals surface area contributed by atoms with E-state index in [0.29, 0.717) is 11.8 Å². The number of nitrogens with zero attached hydrogens (tertiary/aromatic N) is 2. The molecule has 0 amide bonds. The fourth-order valence-corrected chi connectivity index (χ4v) is 2.27. The highest BCUT2D eigenvalue weighted by atomic mass is 15.3. The summed E-state index contributed by atoms with van der Waals surface area (Å²) in [6.07, 6.45) is 2.16. The molecule has 0 saturated carbocycles. The van der Waals surface area contributed by atoms with Crippen molar-refractivity contribution < 1.29 is 0 Å². The molecule has 0 aliphatic carbocycles. The van der Waals surface area contributed by atoms with Gasteiger partial charge < -0.3 is 5.32 Å². The third kappa shape index (κ3) is 4.13. The Morgan fingerprint density at radius 2 is 2.00 bits per heavy atom. The maximum Gasteiger partial charge on any atom is 0.0624 e. The molecule has 1 rings (SSSR count). The molecule has 18 heavy (non-hydrogen) atoms. The molecule has 104 valence electrons. The van der Waals surface area contributed by atoms with Crippen LogP contribution in [0, 0.1) is 11.8 Å². The Bertz CT molecular complexity index is 342. The minimum Gasteiger partial charge on any atom is -0.317 e. The molecule has 3 heteroatoms. The van der Waals surface area contributed by atoms with Gasteiger partial charge in [0.2, 0.25) is 0 Å². The first-order chi connectivity index (χ1) is 8.62. The van der Waals surface area contributed by atoms with Gasteiger partial charge in [0.25, 0.3) is 0 Å². The minimum absolute atomic E-state index is 0.691. The zero-order valence-corrected chi connectivity index (χ0v) is 12.7. The highest BCUT2D eigenvalue weighted by molar-refractivity contribution is 5.11. The van der Waals surface area contributed by atoms with Crippen LogP contribution < -0.4 is 5.32 Å². The topological polar surface area (TPSA) is 29.9 Å². The predicted molar refractivity (Wildman–Crippen MR) is 77.9 cm³/mol. The van der Waals surface area contributed by atoms with Crippen molar-refractivity contribution in [1.29, 1.82) is 0 Å². The highest BCUT2D eigenvalue weighted by Gasteiger charge is 2.16. The molecule has 0 radical (unpaired) electrons. The second-order valence-electron chi connectivity index (χ2n) is 5.31. The highest BCUT2D eigenvalue weighted by Crippen LogP contribution is 2.18. The average molecular weight is 251 g/mol. The normalized spacial score (nSPS) is 13.2. The molecule has 0 fully saturated rings. The molecule has 1 aromatic heterocycles. The van der Waals surface area contributed by atoms with Gasteiger partial charge in [-0.25, -0.2) is 0 Å². The number of hydrogen-bond donors (Lipinski definition) is 1. The number of aryl methyl sites for hydroxylation is 2. The van der Waals surface area contributed by atoms with Crippen LogP contribution >= 0.6 is 0 Å². The molecular formula is C15H29N3. The second kappa shape index (κ2) is 7.57. The number of hydrogen-bond acceptors (Lipinski definition) is 2. The van der Waals surface area contributed by atoms with Gasteiger partial charge in [0.1, 0.15) is 0 Å². The molecule has 1 atom stereocenters. The monoisotopic (exact) mass is 251 g/mol. The van der Waals surface area contributed by atoms with Crippen molar-refractivity contribution in [3.63, 3.8) is 0 Å². The second-order valence-corrected chi connectivity index (χ2v) is 5.31. The Morgan fingerprint density at radius 3 is 2.50 bits per heavy atom. The summed E-state index contributed by atoms with van der Waals surface area (Å²) < 4.78 is 2.17. The smallest absolute Gasteiger partial charge is 0.0624 e. The SMILES string of the molecule is CCNCC(Cc1cc(CC)nn1CC)C(C)C. The predicted octanol–water partition coefficient (Wildman–Crippen LogP) is 2.89. The van der Waals surface area contributed by atoms with Gasteiger partial charge in [-0.15, -0.1) is 0 Å².